The second-order valence-corrected chi connectivity index (χ2v) is 9.87. The molecule has 2 atom stereocenters. The van der Waals surface area contributed by atoms with E-state index in [4.69, 9.17) is 5.26 Å². The Bertz CT molecular complexity index is 985. The van der Waals surface area contributed by atoms with Crippen molar-refractivity contribution in [3.05, 3.63) is 39.8 Å². The smallest absolute Gasteiger partial charge is 0.307 e. The van der Waals surface area contributed by atoms with Crippen LogP contribution in [0, 0.1) is 11.5 Å². The predicted molar refractivity (Wildman–Crippen MR) is 114 cm³/mol. The average molecular weight is 414 g/mol. The Balaban J connectivity index is 1.55. The fraction of sp³-hybridized carbons (Fsp3) is 0.524. The van der Waals surface area contributed by atoms with Gasteiger partial charge in [-0.15, -0.1) is 0 Å². The van der Waals surface area contributed by atoms with Crippen LogP contribution < -0.4 is 10.0 Å². The molecule has 2 amide bonds. The quantitative estimate of drug-likeness (QED) is 0.740. The number of likely N-dealkylation sites (N-methyl/N-ethyl adjacent to an activating group) is 1. The second-order valence-electron chi connectivity index (χ2n) is 8.07. The molecular formula is C21H27N5O2S. The minimum Gasteiger partial charge on any atom is -0.307 e. The van der Waals surface area contributed by atoms with E-state index >= 15 is 0 Å². The highest BCUT2D eigenvalue weighted by atomic mass is 32.2. The monoisotopic (exact) mass is 413 g/mol. The SMILES string of the molecule is CN1CCC[C@@H]1/C=C/S(=O)(=NC#N)NC(=O)Nc1c2c(cc3c1CCC3)CCC2. The number of rotatable bonds is 4. The highest BCUT2D eigenvalue weighted by Gasteiger charge is 2.26. The van der Waals surface area contributed by atoms with Crippen LogP contribution in [0.15, 0.2) is 21.9 Å². The lowest BCUT2D eigenvalue weighted by atomic mass is 9.99. The molecule has 4 rings (SSSR count). The number of likely N-dealkylation sites (tertiary alicyclic amines) is 1. The predicted octanol–water partition coefficient (Wildman–Crippen LogP) is 3.26. The van der Waals surface area contributed by atoms with Gasteiger partial charge in [0.1, 0.15) is 0 Å². The number of aryl methyl sites for hydroxylation is 2. The Kier molecular flexibility index (Phi) is 5.61. The summed E-state index contributed by atoms with van der Waals surface area (Å²) in [7, 11) is -1.30. The molecule has 29 heavy (non-hydrogen) atoms. The summed E-state index contributed by atoms with van der Waals surface area (Å²) < 4.78 is 19.0. The molecule has 0 radical (unpaired) electrons. The lowest BCUT2D eigenvalue weighted by Crippen LogP contribution is -2.34. The minimum atomic E-state index is -3.30. The standard InChI is InChI=1S/C21H27N5O2S/c1-26-11-4-7-17(26)10-12-29(28,23-14-22)25-21(27)24-20-18-8-2-5-15(18)13-16-6-3-9-19(16)20/h10,12-13,17H,2-9,11H2,1H3,(H2,23,24,25,27,28)/b12-10+/t17-,29?/m1/s1. The van der Waals surface area contributed by atoms with Crippen molar-refractivity contribution >= 4 is 21.6 Å². The second kappa shape index (κ2) is 8.17. The Morgan fingerprint density at radius 3 is 2.52 bits per heavy atom. The number of hydrogen-bond acceptors (Lipinski definition) is 5. The van der Waals surface area contributed by atoms with Crippen molar-refractivity contribution < 1.29 is 9.00 Å². The van der Waals surface area contributed by atoms with E-state index in [1.165, 1.54) is 27.7 Å². The number of fused-ring (bicyclic) bond motifs is 2. The third-order valence-corrected chi connectivity index (χ3v) is 7.55. The third kappa shape index (κ3) is 4.16. The molecular weight excluding hydrogens is 386 g/mol. The summed E-state index contributed by atoms with van der Waals surface area (Å²) in [4.78, 5) is 14.9. The van der Waals surface area contributed by atoms with E-state index in [1.54, 1.807) is 12.3 Å². The lowest BCUT2D eigenvalue weighted by Gasteiger charge is -2.17. The van der Waals surface area contributed by atoms with Gasteiger partial charge in [0.2, 0.25) is 6.19 Å². The fourth-order valence-corrected chi connectivity index (χ4v) is 5.77. The number of nitrogens with one attached hydrogen (secondary N) is 2. The van der Waals surface area contributed by atoms with E-state index < -0.39 is 15.9 Å². The summed E-state index contributed by atoms with van der Waals surface area (Å²) in [6.45, 7) is 0.976. The van der Waals surface area contributed by atoms with Crippen LogP contribution in [-0.2, 0) is 35.6 Å². The van der Waals surface area contributed by atoms with Crippen molar-refractivity contribution in [1.82, 2.24) is 9.62 Å². The first-order chi connectivity index (χ1) is 14.0. The van der Waals surface area contributed by atoms with Crippen LogP contribution in [0.5, 0.6) is 0 Å². The molecule has 7 nitrogen and oxygen atoms in total. The van der Waals surface area contributed by atoms with E-state index in [1.807, 2.05) is 7.05 Å². The summed E-state index contributed by atoms with van der Waals surface area (Å²) in [6, 6.07) is 1.87. The van der Waals surface area contributed by atoms with Gasteiger partial charge in [0, 0.05) is 17.1 Å². The van der Waals surface area contributed by atoms with Crippen molar-refractivity contribution in [1.29, 1.82) is 5.26 Å². The van der Waals surface area contributed by atoms with Gasteiger partial charge in [-0.3, -0.25) is 4.90 Å². The number of benzene rings is 1. The fourth-order valence-electron chi connectivity index (χ4n) is 4.76. The van der Waals surface area contributed by atoms with Crippen LogP contribution in [0.3, 0.4) is 0 Å². The van der Waals surface area contributed by atoms with E-state index in [9.17, 15) is 9.00 Å². The Labute approximate surface area is 172 Å². The van der Waals surface area contributed by atoms with Crippen molar-refractivity contribution in [3.8, 4) is 6.19 Å². The maximum absolute atomic E-state index is 13.1. The molecule has 2 N–H and O–H groups in total. The molecule has 8 heteroatoms. The number of hydrogen-bond donors (Lipinski definition) is 2. The van der Waals surface area contributed by atoms with E-state index in [2.05, 4.69) is 25.4 Å². The van der Waals surface area contributed by atoms with Crippen LogP contribution in [-0.4, -0.2) is 34.8 Å². The molecule has 154 valence electrons. The summed E-state index contributed by atoms with van der Waals surface area (Å²) in [5.74, 6) is 0. The summed E-state index contributed by atoms with van der Waals surface area (Å²) in [6.07, 6.45) is 11.6. The zero-order valence-corrected chi connectivity index (χ0v) is 17.6. The molecule has 0 spiro atoms. The number of urea groups is 1. The van der Waals surface area contributed by atoms with E-state index in [0.29, 0.717) is 0 Å². The van der Waals surface area contributed by atoms with Crippen LogP contribution in [0.25, 0.3) is 0 Å². The molecule has 0 aromatic heterocycles. The van der Waals surface area contributed by atoms with E-state index in [0.717, 1.165) is 63.6 Å². The van der Waals surface area contributed by atoms with Gasteiger partial charge in [0.15, 0.2) is 9.92 Å². The topological polar surface area (TPSA) is 97.6 Å². The third-order valence-electron chi connectivity index (χ3n) is 6.19. The van der Waals surface area contributed by atoms with Crippen LogP contribution in [0.4, 0.5) is 10.5 Å². The average Bonchev–Trinajstić information content (AvgIpc) is 3.40. The molecule has 0 saturated carbocycles. The highest BCUT2D eigenvalue weighted by molar-refractivity contribution is 7.95. The molecule has 3 aliphatic rings. The normalized spacial score (nSPS) is 22.7. The zero-order valence-electron chi connectivity index (χ0n) is 16.7. The van der Waals surface area contributed by atoms with Crippen LogP contribution >= 0.6 is 0 Å². The summed E-state index contributed by atoms with van der Waals surface area (Å²) >= 11 is 0. The van der Waals surface area contributed by atoms with Gasteiger partial charge in [0.05, 0.1) is 0 Å². The van der Waals surface area contributed by atoms with Gasteiger partial charge >= 0.3 is 6.03 Å². The zero-order chi connectivity index (χ0) is 20.4. The number of anilines is 1. The summed E-state index contributed by atoms with van der Waals surface area (Å²) in [5, 5.41) is 13.3. The largest absolute Gasteiger partial charge is 0.331 e. The number of carbonyl (C=O) groups is 1. The number of carbonyl (C=O) groups excluding carboxylic acids is 1. The summed E-state index contributed by atoms with van der Waals surface area (Å²) in [5.41, 5.74) is 5.91. The molecule has 1 aromatic rings. The highest BCUT2D eigenvalue weighted by Crippen LogP contribution is 2.38. The van der Waals surface area contributed by atoms with Gasteiger partial charge < -0.3 is 5.32 Å². The maximum atomic E-state index is 13.1. The van der Waals surface area contributed by atoms with Crippen LogP contribution in [0.2, 0.25) is 0 Å². The number of amides is 2. The molecule has 1 aliphatic heterocycles. The van der Waals surface area contributed by atoms with Crippen molar-refractivity contribution in [2.75, 3.05) is 18.9 Å². The minimum absolute atomic E-state index is 0.148. The van der Waals surface area contributed by atoms with Gasteiger partial charge in [-0.05, 0) is 87.2 Å². The van der Waals surface area contributed by atoms with Crippen molar-refractivity contribution in [2.24, 2.45) is 4.36 Å². The number of nitrogens with zero attached hydrogens (tertiary/aromatic N) is 3. The molecule has 1 fully saturated rings. The maximum Gasteiger partial charge on any atom is 0.331 e. The van der Waals surface area contributed by atoms with Gasteiger partial charge in [-0.1, -0.05) is 16.5 Å². The Morgan fingerprint density at radius 1 is 1.24 bits per heavy atom. The van der Waals surface area contributed by atoms with Gasteiger partial charge in [-0.25, -0.2) is 13.7 Å². The first-order valence-corrected chi connectivity index (χ1v) is 11.9. The molecule has 1 heterocycles. The van der Waals surface area contributed by atoms with Gasteiger partial charge in [0.25, 0.3) is 0 Å². The van der Waals surface area contributed by atoms with Crippen molar-refractivity contribution in [3.63, 3.8) is 0 Å². The van der Waals surface area contributed by atoms with Crippen LogP contribution in [0.1, 0.15) is 47.9 Å². The molecule has 1 saturated heterocycles. The molecule has 1 unspecified atom stereocenters. The van der Waals surface area contributed by atoms with E-state index in [-0.39, 0.29) is 6.04 Å². The first kappa shape index (κ1) is 19.9. The van der Waals surface area contributed by atoms with Crippen molar-refractivity contribution in [2.45, 2.75) is 57.4 Å². The Morgan fingerprint density at radius 2 is 1.93 bits per heavy atom. The lowest BCUT2D eigenvalue weighted by molar-refractivity contribution is 0.257. The van der Waals surface area contributed by atoms with Gasteiger partial charge in [-0.2, -0.15) is 5.26 Å². The number of nitriles is 1. The first-order valence-electron chi connectivity index (χ1n) is 10.3. The molecule has 1 aromatic carbocycles. The Hall–Kier alpha value is -2.37. The molecule has 0 bridgehead atoms. The molecule has 2 aliphatic carbocycles.